The van der Waals surface area contributed by atoms with Crippen LogP contribution in [0.25, 0.3) is 0 Å². The van der Waals surface area contributed by atoms with Crippen molar-refractivity contribution in [2.45, 2.75) is 25.2 Å². The van der Waals surface area contributed by atoms with Crippen LogP contribution in [-0.4, -0.2) is 10.8 Å². The highest BCUT2D eigenvalue weighted by atomic mass is 16.6. The van der Waals surface area contributed by atoms with E-state index in [9.17, 15) is 14.9 Å². The van der Waals surface area contributed by atoms with Gasteiger partial charge in [0.05, 0.1) is 11.3 Å². The van der Waals surface area contributed by atoms with Gasteiger partial charge >= 0.3 is 0 Å². The van der Waals surface area contributed by atoms with E-state index in [0.717, 1.165) is 11.1 Å². The second-order valence-electron chi connectivity index (χ2n) is 5.69. The predicted octanol–water partition coefficient (Wildman–Crippen LogP) is 3.05. The van der Waals surface area contributed by atoms with Gasteiger partial charge in [0.2, 0.25) is 5.91 Å². The van der Waals surface area contributed by atoms with Crippen LogP contribution in [0.1, 0.15) is 30.7 Å². The fourth-order valence-electron chi connectivity index (χ4n) is 2.72. The van der Waals surface area contributed by atoms with Crippen LogP contribution in [0.5, 0.6) is 0 Å². The number of nitro groups is 1. The van der Waals surface area contributed by atoms with Crippen molar-refractivity contribution in [3.05, 3.63) is 75.8 Å². The molecule has 118 valence electrons. The summed E-state index contributed by atoms with van der Waals surface area (Å²) in [7, 11) is 0. The number of carbonyl (C=O) groups excluding carboxylic acids is 1. The smallest absolute Gasteiger partial charge is 0.269 e. The van der Waals surface area contributed by atoms with E-state index in [2.05, 4.69) is 5.32 Å². The highest BCUT2D eigenvalue weighted by Gasteiger charge is 2.39. The van der Waals surface area contributed by atoms with Crippen molar-refractivity contribution in [2.75, 3.05) is 0 Å². The largest absolute Gasteiger partial charge is 0.343 e. The first kappa shape index (κ1) is 15.2. The zero-order valence-corrected chi connectivity index (χ0v) is 12.6. The van der Waals surface area contributed by atoms with Crippen LogP contribution in [0.15, 0.2) is 54.6 Å². The number of nitrogens with zero attached hydrogens (tertiary/aromatic N) is 1. The monoisotopic (exact) mass is 312 g/mol. The van der Waals surface area contributed by atoms with Crippen LogP contribution >= 0.6 is 0 Å². The van der Waals surface area contributed by atoms with Crippen LogP contribution in [0.3, 0.4) is 0 Å². The molecule has 1 unspecified atom stereocenters. The Morgan fingerprint density at radius 2 is 1.83 bits per heavy atom. The standard InChI is InChI=1S/C17H16N2O4/c1-17(13-7-9-14(10-8-13)19(21)22)11-15(20)18-16(23-17)12-5-3-2-4-6-12/h2-10,16H,11H2,1H3,(H,18,20)/t16-,17?/m1/s1. The maximum absolute atomic E-state index is 12.1. The lowest BCUT2D eigenvalue weighted by molar-refractivity contribution is -0.384. The first-order chi connectivity index (χ1) is 11.0. The number of ether oxygens (including phenoxy) is 1. The Kier molecular flexibility index (Phi) is 3.83. The Bertz CT molecular complexity index is 730. The summed E-state index contributed by atoms with van der Waals surface area (Å²) in [5, 5.41) is 13.6. The van der Waals surface area contributed by atoms with E-state index >= 15 is 0 Å². The molecular formula is C17H16N2O4. The topological polar surface area (TPSA) is 81.5 Å². The maximum Gasteiger partial charge on any atom is 0.269 e. The molecule has 2 aromatic rings. The van der Waals surface area contributed by atoms with Gasteiger partial charge in [-0.25, -0.2) is 0 Å². The van der Waals surface area contributed by atoms with Crippen molar-refractivity contribution in [2.24, 2.45) is 0 Å². The molecule has 0 spiro atoms. The molecule has 1 N–H and O–H groups in total. The second kappa shape index (κ2) is 5.81. The van der Waals surface area contributed by atoms with Gasteiger partial charge in [0, 0.05) is 17.7 Å². The number of nitrogens with one attached hydrogen (secondary N) is 1. The number of hydrogen-bond donors (Lipinski definition) is 1. The molecule has 0 saturated carbocycles. The van der Waals surface area contributed by atoms with Gasteiger partial charge in [-0.2, -0.15) is 0 Å². The Morgan fingerprint density at radius 1 is 1.17 bits per heavy atom. The third-order valence-corrected chi connectivity index (χ3v) is 3.96. The van der Waals surface area contributed by atoms with Crippen LogP contribution in [-0.2, 0) is 15.1 Å². The van der Waals surface area contributed by atoms with E-state index < -0.39 is 16.8 Å². The third kappa shape index (κ3) is 3.07. The Labute approximate surface area is 133 Å². The molecule has 0 aromatic heterocycles. The lowest BCUT2D eigenvalue weighted by Gasteiger charge is -2.39. The highest BCUT2D eigenvalue weighted by Crippen LogP contribution is 2.37. The number of hydrogen-bond acceptors (Lipinski definition) is 4. The minimum atomic E-state index is -0.835. The first-order valence-corrected chi connectivity index (χ1v) is 7.25. The van der Waals surface area contributed by atoms with Crippen LogP contribution < -0.4 is 5.32 Å². The van der Waals surface area contributed by atoms with Gasteiger partial charge < -0.3 is 10.1 Å². The van der Waals surface area contributed by atoms with Crippen LogP contribution in [0.2, 0.25) is 0 Å². The van der Waals surface area contributed by atoms with Crippen molar-refractivity contribution >= 4 is 11.6 Å². The van der Waals surface area contributed by atoms with Gasteiger partial charge in [-0.1, -0.05) is 30.3 Å². The van der Waals surface area contributed by atoms with E-state index in [1.54, 1.807) is 12.1 Å². The van der Waals surface area contributed by atoms with Crippen molar-refractivity contribution in [1.82, 2.24) is 5.32 Å². The highest BCUT2D eigenvalue weighted by molar-refractivity contribution is 5.78. The van der Waals surface area contributed by atoms with Crippen LogP contribution in [0, 0.1) is 10.1 Å². The van der Waals surface area contributed by atoms with Gasteiger partial charge in [0.25, 0.3) is 5.69 Å². The first-order valence-electron chi connectivity index (χ1n) is 7.25. The lowest BCUT2D eigenvalue weighted by Crippen LogP contribution is -2.46. The molecule has 0 bridgehead atoms. The summed E-state index contributed by atoms with van der Waals surface area (Å²) in [5.41, 5.74) is 0.766. The number of rotatable bonds is 3. The average molecular weight is 312 g/mol. The van der Waals surface area contributed by atoms with Crippen molar-refractivity contribution in [3.8, 4) is 0 Å². The zero-order chi connectivity index (χ0) is 16.4. The molecule has 1 saturated heterocycles. The molecule has 2 atom stereocenters. The van der Waals surface area contributed by atoms with Gasteiger partial charge in [-0.3, -0.25) is 14.9 Å². The summed E-state index contributed by atoms with van der Waals surface area (Å²) in [6, 6.07) is 15.5. The molecule has 23 heavy (non-hydrogen) atoms. The normalized spacial score (nSPS) is 24.0. The summed E-state index contributed by atoms with van der Waals surface area (Å²) in [5.74, 6) is -0.119. The van der Waals surface area contributed by atoms with Crippen molar-refractivity contribution < 1.29 is 14.5 Å². The number of carbonyl (C=O) groups is 1. The minimum Gasteiger partial charge on any atom is -0.343 e. The Balaban J connectivity index is 1.90. The molecule has 1 fully saturated rings. The van der Waals surface area contributed by atoms with Crippen LogP contribution in [0.4, 0.5) is 5.69 Å². The van der Waals surface area contributed by atoms with Gasteiger partial charge in [-0.15, -0.1) is 0 Å². The van der Waals surface area contributed by atoms with E-state index in [1.165, 1.54) is 12.1 Å². The molecule has 6 heteroatoms. The molecular weight excluding hydrogens is 296 g/mol. The number of non-ortho nitro benzene ring substituents is 1. The summed E-state index contributed by atoms with van der Waals surface area (Å²) in [6.45, 7) is 1.82. The molecule has 0 radical (unpaired) electrons. The SMILES string of the molecule is CC1(c2ccc([N+](=O)[O-])cc2)CC(=O)N[C@@H](c2ccccc2)O1. The Morgan fingerprint density at radius 3 is 2.43 bits per heavy atom. The third-order valence-electron chi connectivity index (χ3n) is 3.96. The molecule has 1 aliphatic rings. The van der Waals surface area contributed by atoms with Crippen molar-refractivity contribution in [3.63, 3.8) is 0 Å². The average Bonchev–Trinajstić information content (AvgIpc) is 2.55. The number of amides is 1. The molecule has 2 aromatic carbocycles. The van der Waals surface area contributed by atoms with Gasteiger partial charge in [-0.05, 0) is 24.6 Å². The van der Waals surface area contributed by atoms with E-state index in [-0.39, 0.29) is 18.0 Å². The quantitative estimate of drug-likeness (QED) is 0.697. The summed E-state index contributed by atoms with van der Waals surface area (Å²) in [4.78, 5) is 22.4. The second-order valence-corrected chi connectivity index (χ2v) is 5.69. The fraction of sp³-hybridized carbons (Fsp3) is 0.235. The maximum atomic E-state index is 12.1. The molecule has 3 rings (SSSR count). The fourth-order valence-corrected chi connectivity index (χ4v) is 2.72. The minimum absolute atomic E-state index is 0.0113. The molecule has 6 nitrogen and oxygen atoms in total. The van der Waals surface area contributed by atoms with E-state index in [0.29, 0.717) is 0 Å². The van der Waals surface area contributed by atoms with E-state index in [1.807, 2.05) is 37.3 Å². The summed E-state index contributed by atoms with van der Waals surface area (Å²) < 4.78 is 6.11. The zero-order valence-electron chi connectivity index (χ0n) is 12.6. The number of benzene rings is 2. The molecule has 0 aliphatic carbocycles. The molecule has 1 heterocycles. The van der Waals surface area contributed by atoms with Gasteiger partial charge in [0.1, 0.15) is 5.60 Å². The Hall–Kier alpha value is -2.73. The summed E-state index contributed by atoms with van der Waals surface area (Å²) in [6.07, 6.45) is -0.383. The lowest BCUT2D eigenvalue weighted by atomic mass is 9.90. The molecule has 1 aliphatic heterocycles. The molecule has 1 amide bonds. The van der Waals surface area contributed by atoms with E-state index in [4.69, 9.17) is 4.74 Å². The van der Waals surface area contributed by atoms with Gasteiger partial charge in [0.15, 0.2) is 6.23 Å². The summed E-state index contributed by atoms with van der Waals surface area (Å²) >= 11 is 0. The number of nitro benzene ring substituents is 1. The predicted molar refractivity (Wildman–Crippen MR) is 83.5 cm³/mol. The van der Waals surface area contributed by atoms with Crippen molar-refractivity contribution in [1.29, 1.82) is 0 Å².